The maximum Gasteiger partial charge on any atom is 0.407 e. The normalized spacial score (nSPS) is 15.9. The molecule has 298 valence electrons. The number of nitrogens with one attached hydrogen (secondary N) is 1. The molecule has 1 saturated carbocycles. The maximum absolute atomic E-state index is 16.6. The van der Waals surface area contributed by atoms with Gasteiger partial charge in [0, 0.05) is 29.6 Å². The second kappa shape index (κ2) is 21.9. The molecule has 3 aromatic carbocycles. The first-order valence-electron chi connectivity index (χ1n) is 19.5. The Balaban J connectivity index is 0.00000190. The largest absolute Gasteiger partial charge is 0.493 e. The molecule has 1 aliphatic carbocycles. The number of carbonyl (C=O) groups excluding carboxylic acids is 2. The lowest BCUT2D eigenvalue weighted by Gasteiger charge is -2.39. The number of hydrogen-bond acceptors (Lipinski definition) is 7. The first-order valence-corrected chi connectivity index (χ1v) is 20.3. The lowest BCUT2D eigenvalue weighted by molar-refractivity contribution is -0.151. The van der Waals surface area contributed by atoms with Crippen molar-refractivity contribution in [1.82, 2.24) is 14.5 Å². The van der Waals surface area contributed by atoms with E-state index in [1.165, 1.54) is 72.6 Å². The second-order valence-corrected chi connectivity index (χ2v) is 15.4. The lowest BCUT2D eigenvalue weighted by Crippen LogP contribution is -2.56. The standard InChI is InChI=1S/C39H49F2N3O5S.2C2H6/c1-38(2,3)49-37(46)42-30-23-25-44(26-24-30)36(45)35(39(40,41)29-15-17-33(18-16-29)48-32-13-9-6-10-14-32)43(4)50-34-21-19-31(20-22-34)47-27-28-11-7-5-8-12-28;2*1-2/h6,9-10,13-22,28,30,35H,5,7-8,11-12,23-27H2,1-4H3,(H,42,46);2*1-2H3. The number of alkyl halides is 2. The molecule has 3 aromatic rings. The van der Waals surface area contributed by atoms with E-state index in [-0.39, 0.29) is 24.7 Å². The molecule has 11 heteroatoms. The minimum Gasteiger partial charge on any atom is -0.493 e. The average molecular weight is 770 g/mol. The highest BCUT2D eigenvalue weighted by Crippen LogP contribution is 2.40. The summed E-state index contributed by atoms with van der Waals surface area (Å²) in [6.07, 6.45) is 6.46. The van der Waals surface area contributed by atoms with Crippen molar-refractivity contribution >= 4 is 23.9 Å². The van der Waals surface area contributed by atoms with E-state index in [0.29, 0.717) is 41.8 Å². The van der Waals surface area contributed by atoms with Crippen LogP contribution in [0.4, 0.5) is 13.6 Å². The fourth-order valence-corrected chi connectivity index (χ4v) is 7.26. The van der Waals surface area contributed by atoms with Crippen molar-refractivity contribution in [3.05, 3.63) is 84.4 Å². The molecular formula is C43H61F2N3O5S. The number of hydrogen-bond donors (Lipinski definition) is 1. The van der Waals surface area contributed by atoms with Crippen LogP contribution < -0.4 is 14.8 Å². The van der Waals surface area contributed by atoms with Crippen molar-refractivity contribution in [1.29, 1.82) is 0 Å². The highest BCUT2D eigenvalue weighted by molar-refractivity contribution is 7.97. The summed E-state index contributed by atoms with van der Waals surface area (Å²) in [5.41, 5.74) is -0.938. The molecule has 8 nitrogen and oxygen atoms in total. The quantitative estimate of drug-likeness (QED) is 0.184. The number of para-hydroxylation sites is 1. The zero-order valence-electron chi connectivity index (χ0n) is 33.4. The molecule has 5 rings (SSSR count). The Bertz CT molecular complexity index is 1520. The van der Waals surface area contributed by atoms with E-state index in [1.807, 2.05) is 70.2 Å². The van der Waals surface area contributed by atoms with Crippen LogP contribution in [0.5, 0.6) is 17.2 Å². The number of rotatable bonds is 12. The SMILES string of the molecule is CC.CC.CN(Sc1ccc(OCC2CCCCC2)cc1)C(C(=O)N1CCC(NC(=O)OC(C)(C)C)CC1)C(F)(F)c1ccc(Oc2ccccc2)cc1. The summed E-state index contributed by atoms with van der Waals surface area (Å²) in [4.78, 5) is 28.6. The summed E-state index contributed by atoms with van der Waals surface area (Å²) < 4.78 is 51.9. The third kappa shape index (κ3) is 13.8. The van der Waals surface area contributed by atoms with Gasteiger partial charge in [0.1, 0.15) is 22.8 Å². The van der Waals surface area contributed by atoms with Gasteiger partial charge in [0.25, 0.3) is 5.92 Å². The van der Waals surface area contributed by atoms with Gasteiger partial charge >= 0.3 is 6.09 Å². The molecule has 1 saturated heterocycles. The molecule has 1 unspecified atom stereocenters. The predicted molar refractivity (Wildman–Crippen MR) is 214 cm³/mol. The van der Waals surface area contributed by atoms with Gasteiger partial charge in [0.2, 0.25) is 5.91 Å². The van der Waals surface area contributed by atoms with Gasteiger partial charge in [-0.3, -0.25) is 4.79 Å². The molecule has 1 atom stereocenters. The topological polar surface area (TPSA) is 80.3 Å². The number of piperidine rings is 1. The molecule has 54 heavy (non-hydrogen) atoms. The number of carbonyl (C=O) groups is 2. The van der Waals surface area contributed by atoms with E-state index in [2.05, 4.69) is 5.32 Å². The molecule has 1 heterocycles. The minimum absolute atomic E-state index is 0.223. The third-order valence-electron chi connectivity index (χ3n) is 8.97. The van der Waals surface area contributed by atoms with Gasteiger partial charge in [-0.1, -0.05) is 65.2 Å². The summed E-state index contributed by atoms with van der Waals surface area (Å²) >= 11 is 1.09. The van der Waals surface area contributed by atoms with Crippen LogP contribution in [-0.4, -0.2) is 65.6 Å². The summed E-state index contributed by atoms with van der Waals surface area (Å²) in [5, 5.41) is 2.85. The van der Waals surface area contributed by atoms with Crippen LogP contribution in [0, 0.1) is 5.92 Å². The van der Waals surface area contributed by atoms with Crippen LogP contribution >= 0.6 is 11.9 Å². The van der Waals surface area contributed by atoms with Crippen LogP contribution in [0.2, 0.25) is 0 Å². The molecule has 0 spiro atoms. The number of likely N-dealkylation sites (tertiary alicyclic amines) is 1. The van der Waals surface area contributed by atoms with E-state index in [1.54, 1.807) is 32.9 Å². The Morgan fingerprint density at radius 3 is 1.94 bits per heavy atom. The number of nitrogens with zero attached hydrogens (tertiary/aromatic N) is 2. The summed E-state index contributed by atoms with van der Waals surface area (Å²) in [5.74, 6) is -1.94. The van der Waals surface area contributed by atoms with Gasteiger partial charge in [-0.2, -0.15) is 8.78 Å². The van der Waals surface area contributed by atoms with Crippen LogP contribution in [0.1, 0.15) is 99.0 Å². The zero-order valence-corrected chi connectivity index (χ0v) is 34.2. The molecule has 1 N–H and O–H groups in total. The Morgan fingerprint density at radius 2 is 1.37 bits per heavy atom. The van der Waals surface area contributed by atoms with E-state index in [4.69, 9.17) is 14.2 Å². The van der Waals surface area contributed by atoms with Crippen LogP contribution in [0.25, 0.3) is 0 Å². The number of benzene rings is 3. The molecule has 2 fully saturated rings. The van der Waals surface area contributed by atoms with Crippen LogP contribution in [-0.2, 0) is 15.5 Å². The molecule has 1 aliphatic heterocycles. The highest BCUT2D eigenvalue weighted by Gasteiger charge is 2.50. The summed E-state index contributed by atoms with van der Waals surface area (Å²) in [6, 6.07) is 20.0. The van der Waals surface area contributed by atoms with Gasteiger partial charge in [-0.25, -0.2) is 9.10 Å². The first kappa shape index (κ1) is 44.6. The number of ether oxygens (including phenoxy) is 3. The van der Waals surface area contributed by atoms with Gasteiger partial charge in [0.15, 0.2) is 6.04 Å². The van der Waals surface area contributed by atoms with Crippen molar-refractivity contribution in [2.45, 2.75) is 122 Å². The maximum atomic E-state index is 16.6. The van der Waals surface area contributed by atoms with Crippen molar-refractivity contribution in [3.63, 3.8) is 0 Å². The molecule has 2 amide bonds. The van der Waals surface area contributed by atoms with Crippen molar-refractivity contribution < 1.29 is 32.6 Å². The Hall–Kier alpha value is -3.83. The van der Waals surface area contributed by atoms with Crippen molar-refractivity contribution in [2.75, 3.05) is 26.7 Å². The number of alkyl carbamates (subject to hydrolysis) is 1. The molecule has 0 aromatic heterocycles. The zero-order chi connectivity index (χ0) is 39.7. The second-order valence-electron chi connectivity index (χ2n) is 14.1. The van der Waals surface area contributed by atoms with Crippen molar-refractivity contribution in [2.24, 2.45) is 5.92 Å². The number of amides is 2. The molecular weight excluding hydrogens is 709 g/mol. The van der Waals surface area contributed by atoms with Gasteiger partial charge in [0.05, 0.1) is 6.61 Å². The van der Waals surface area contributed by atoms with Crippen LogP contribution in [0.3, 0.4) is 0 Å². The monoisotopic (exact) mass is 769 g/mol. The van der Waals surface area contributed by atoms with E-state index in [0.717, 1.165) is 17.7 Å². The Labute approximate surface area is 326 Å². The van der Waals surface area contributed by atoms with Crippen LogP contribution in [0.15, 0.2) is 83.8 Å². The van der Waals surface area contributed by atoms with Gasteiger partial charge in [-0.05, 0) is 132 Å². The minimum atomic E-state index is -3.56. The smallest absolute Gasteiger partial charge is 0.407 e. The third-order valence-corrected chi connectivity index (χ3v) is 9.95. The lowest BCUT2D eigenvalue weighted by atomic mass is 9.90. The van der Waals surface area contributed by atoms with E-state index < -0.39 is 29.6 Å². The number of halogens is 2. The fraction of sp³-hybridized carbons (Fsp3) is 0.535. The average Bonchev–Trinajstić information content (AvgIpc) is 3.16. The molecule has 2 aliphatic rings. The summed E-state index contributed by atoms with van der Waals surface area (Å²) in [7, 11) is 1.53. The van der Waals surface area contributed by atoms with Gasteiger partial charge in [-0.15, -0.1) is 0 Å². The van der Waals surface area contributed by atoms with Crippen molar-refractivity contribution in [3.8, 4) is 17.2 Å². The molecule has 0 bridgehead atoms. The Morgan fingerprint density at radius 1 is 0.815 bits per heavy atom. The summed E-state index contributed by atoms with van der Waals surface area (Å²) in [6.45, 7) is 14.5. The van der Waals surface area contributed by atoms with E-state index >= 15 is 8.78 Å². The number of likely N-dealkylation sites (N-methyl/N-ethyl adjacent to an activating group) is 1. The van der Waals surface area contributed by atoms with Gasteiger partial charge < -0.3 is 24.4 Å². The fourth-order valence-electron chi connectivity index (χ4n) is 6.34. The molecule has 0 radical (unpaired) electrons. The predicted octanol–water partition coefficient (Wildman–Crippen LogP) is 11.1. The Kier molecular flexibility index (Phi) is 18.1. The van der Waals surface area contributed by atoms with E-state index in [9.17, 15) is 9.59 Å². The highest BCUT2D eigenvalue weighted by atomic mass is 32.2. The first-order chi connectivity index (χ1) is 25.9.